The van der Waals surface area contributed by atoms with E-state index in [1.165, 1.54) is 0 Å². The summed E-state index contributed by atoms with van der Waals surface area (Å²) >= 11 is 0. The van der Waals surface area contributed by atoms with Crippen molar-refractivity contribution in [2.24, 2.45) is 5.92 Å². The second-order valence-electron chi connectivity index (χ2n) is 2.60. The van der Waals surface area contributed by atoms with Crippen LogP contribution < -0.4 is 0 Å². The minimum absolute atomic E-state index is 0.0564. The van der Waals surface area contributed by atoms with Gasteiger partial charge in [-0.05, 0) is 6.42 Å². The van der Waals surface area contributed by atoms with Crippen LogP contribution >= 0.6 is 0 Å². The molecule has 0 rings (SSSR count). The van der Waals surface area contributed by atoms with E-state index in [0.29, 0.717) is 6.42 Å². The zero-order valence-corrected chi connectivity index (χ0v) is 7.03. The third-order valence-electron chi connectivity index (χ3n) is 1.81. The molecular formula is C8H14O4. The van der Waals surface area contributed by atoms with Gasteiger partial charge in [-0.1, -0.05) is 13.5 Å². The van der Waals surface area contributed by atoms with Crippen molar-refractivity contribution in [2.75, 3.05) is 6.61 Å². The number of aliphatic hydroxyl groups is 2. The number of carboxylic acids is 1. The summed E-state index contributed by atoms with van der Waals surface area (Å²) < 4.78 is 0. The van der Waals surface area contributed by atoms with Crippen LogP contribution in [0.1, 0.15) is 13.3 Å². The van der Waals surface area contributed by atoms with E-state index in [4.69, 9.17) is 15.3 Å². The lowest BCUT2D eigenvalue weighted by molar-refractivity contribution is -0.133. The average molecular weight is 174 g/mol. The van der Waals surface area contributed by atoms with Gasteiger partial charge < -0.3 is 15.3 Å². The fourth-order valence-electron chi connectivity index (χ4n) is 1.04. The normalized spacial score (nSPS) is 15.2. The Morgan fingerprint density at radius 2 is 2.08 bits per heavy atom. The van der Waals surface area contributed by atoms with Gasteiger partial charge in [-0.2, -0.15) is 0 Å². The first-order valence-corrected chi connectivity index (χ1v) is 3.75. The number of rotatable bonds is 5. The highest BCUT2D eigenvalue weighted by atomic mass is 16.4. The van der Waals surface area contributed by atoms with E-state index in [1.807, 2.05) is 0 Å². The molecular weight excluding hydrogens is 160 g/mol. The third kappa shape index (κ3) is 2.64. The molecule has 0 aromatic carbocycles. The van der Waals surface area contributed by atoms with Gasteiger partial charge in [-0.25, -0.2) is 4.79 Å². The van der Waals surface area contributed by atoms with E-state index in [2.05, 4.69) is 6.58 Å². The topological polar surface area (TPSA) is 77.8 Å². The maximum absolute atomic E-state index is 10.4. The van der Waals surface area contributed by atoms with Gasteiger partial charge in [0.05, 0.1) is 12.7 Å². The molecule has 0 aromatic heterocycles. The Labute approximate surface area is 71.1 Å². The summed E-state index contributed by atoms with van der Waals surface area (Å²) in [6.07, 6.45) is -0.578. The van der Waals surface area contributed by atoms with Crippen LogP contribution in [0.15, 0.2) is 12.2 Å². The van der Waals surface area contributed by atoms with Crippen LogP contribution in [-0.2, 0) is 4.79 Å². The molecule has 0 saturated heterocycles. The van der Waals surface area contributed by atoms with Crippen LogP contribution in [-0.4, -0.2) is 34.0 Å². The van der Waals surface area contributed by atoms with Crippen LogP contribution in [0.2, 0.25) is 0 Å². The Kier molecular flexibility index (Phi) is 4.54. The first-order valence-electron chi connectivity index (χ1n) is 3.75. The highest BCUT2D eigenvalue weighted by molar-refractivity contribution is 5.86. The molecule has 0 aromatic rings. The molecule has 0 radical (unpaired) electrons. The standard InChI is InChI=1S/C8H14O4/c1-3-6(7(10)4-9)5(2)8(11)12/h6-7,9-10H,2-4H2,1H3,(H,11,12). The molecule has 0 saturated carbocycles. The minimum atomic E-state index is -1.13. The van der Waals surface area contributed by atoms with E-state index in [9.17, 15) is 4.79 Å². The zero-order valence-electron chi connectivity index (χ0n) is 7.03. The van der Waals surface area contributed by atoms with Gasteiger partial charge in [-0.15, -0.1) is 0 Å². The molecule has 0 aliphatic carbocycles. The summed E-state index contributed by atoms with van der Waals surface area (Å²) in [6, 6.07) is 0. The largest absolute Gasteiger partial charge is 0.478 e. The van der Waals surface area contributed by atoms with Crippen molar-refractivity contribution < 1.29 is 20.1 Å². The highest BCUT2D eigenvalue weighted by Gasteiger charge is 2.23. The summed E-state index contributed by atoms with van der Waals surface area (Å²) in [5.74, 6) is -1.69. The Morgan fingerprint density at radius 1 is 1.58 bits per heavy atom. The molecule has 0 amide bonds. The molecule has 12 heavy (non-hydrogen) atoms. The summed E-state index contributed by atoms with van der Waals surface area (Å²) in [5.41, 5.74) is -0.0564. The fourth-order valence-corrected chi connectivity index (χ4v) is 1.04. The highest BCUT2D eigenvalue weighted by Crippen LogP contribution is 2.17. The van der Waals surface area contributed by atoms with Gasteiger partial charge in [0.15, 0.2) is 0 Å². The van der Waals surface area contributed by atoms with Gasteiger partial charge in [0.1, 0.15) is 0 Å². The maximum atomic E-state index is 10.4. The van der Waals surface area contributed by atoms with E-state index in [0.717, 1.165) is 0 Å². The smallest absolute Gasteiger partial charge is 0.331 e. The monoisotopic (exact) mass is 174 g/mol. The second-order valence-corrected chi connectivity index (χ2v) is 2.60. The summed E-state index contributed by atoms with van der Waals surface area (Å²) in [7, 11) is 0. The number of hydrogen-bond donors (Lipinski definition) is 3. The van der Waals surface area contributed by atoms with Gasteiger partial charge in [0.2, 0.25) is 0 Å². The SMILES string of the molecule is C=C(C(=O)O)C(CC)C(O)CO. The first kappa shape index (κ1) is 11.1. The molecule has 2 unspecified atom stereocenters. The first-order chi connectivity index (χ1) is 5.54. The molecule has 2 atom stereocenters. The van der Waals surface area contributed by atoms with Crippen LogP contribution in [0.3, 0.4) is 0 Å². The van der Waals surface area contributed by atoms with Crippen molar-refractivity contribution in [1.82, 2.24) is 0 Å². The molecule has 0 spiro atoms. The summed E-state index contributed by atoms with van der Waals surface area (Å²) in [6.45, 7) is 4.62. The van der Waals surface area contributed by atoms with Crippen molar-refractivity contribution in [3.8, 4) is 0 Å². The molecule has 70 valence electrons. The predicted molar refractivity (Wildman–Crippen MR) is 43.6 cm³/mol. The van der Waals surface area contributed by atoms with Crippen LogP contribution in [0.4, 0.5) is 0 Å². The summed E-state index contributed by atoms with van der Waals surface area (Å²) in [5, 5.41) is 26.3. The van der Waals surface area contributed by atoms with E-state index in [1.54, 1.807) is 6.92 Å². The van der Waals surface area contributed by atoms with Gasteiger partial charge >= 0.3 is 5.97 Å². The van der Waals surface area contributed by atoms with Gasteiger partial charge in [-0.3, -0.25) is 0 Å². The van der Waals surface area contributed by atoms with Crippen molar-refractivity contribution in [1.29, 1.82) is 0 Å². The maximum Gasteiger partial charge on any atom is 0.331 e. The van der Waals surface area contributed by atoms with E-state index < -0.39 is 24.6 Å². The quantitative estimate of drug-likeness (QED) is 0.513. The molecule has 0 heterocycles. The van der Waals surface area contributed by atoms with Gasteiger partial charge in [0, 0.05) is 11.5 Å². The van der Waals surface area contributed by atoms with Crippen molar-refractivity contribution in [3.05, 3.63) is 12.2 Å². The molecule has 0 bridgehead atoms. The van der Waals surface area contributed by atoms with Crippen molar-refractivity contribution >= 4 is 5.97 Å². The second kappa shape index (κ2) is 4.90. The summed E-state index contributed by atoms with van der Waals surface area (Å²) in [4.78, 5) is 10.4. The minimum Gasteiger partial charge on any atom is -0.478 e. The zero-order chi connectivity index (χ0) is 9.72. The van der Waals surface area contributed by atoms with Crippen LogP contribution in [0.5, 0.6) is 0 Å². The molecule has 4 nitrogen and oxygen atoms in total. The lowest BCUT2D eigenvalue weighted by Gasteiger charge is -2.19. The molecule has 0 fully saturated rings. The lowest BCUT2D eigenvalue weighted by atomic mass is 9.92. The van der Waals surface area contributed by atoms with Crippen molar-refractivity contribution in [3.63, 3.8) is 0 Å². The number of carboxylic acid groups (broad SMARTS) is 1. The molecule has 4 heteroatoms. The third-order valence-corrected chi connectivity index (χ3v) is 1.81. The molecule has 3 N–H and O–H groups in total. The number of hydrogen-bond acceptors (Lipinski definition) is 3. The van der Waals surface area contributed by atoms with Gasteiger partial charge in [0.25, 0.3) is 0 Å². The van der Waals surface area contributed by atoms with E-state index >= 15 is 0 Å². The predicted octanol–water partition coefficient (Wildman–Crippen LogP) is 0.00660. The van der Waals surface area contributed by atoms with Crippen LogP contribution in [0, 0.1) is 5.92 Å². The van der Waals surface area contributed by atoms with Crippen LogP contribution in [0.25, 0.3) is 0 Å². The Morgan fingerprint density at radius 3 is 2.33 bits per heavy atom. The number of carbonyl (C=O) groups is 1. The Bertz CT molecular complexity index is 176. The average Bonchev–Trinajstić information content (AvgIpc) is 2.05. The molecule has 0 aliphatic heterocycles. The van der Waals surface area contributed by atoms with Crippen molar-refractivity contribution in [2.45, 2.75) is 19.4 Å². The number of aliphatic carboxylic acids is 1. The number of aliphatic hydroxyl groups excluding tert-OH is 2. The molecule has 0 aliphatic rings. The van der Waals surface area contributed by atoms with E-state index in [-0.39, 0.29) is 5.57 Å². The fraction of sp³-hybridized carbons (Fsp3) is 0.625. The lowest BCUT2D eigenvalue weighted by Crippen LogP contribution is -2.27. The Hall–Kier alpha value is -0.870. The Balaban J connectivity index is 4.34.